The van der Waals surface area contributed by atoms with E-state index in [4.69, 9.17) is 14.2 Å². The summed E-state index contributed by atoms with van der Waals surface area (Å²) in [4.78, 5) is 61.8. The van der Waals surface area contributed by atoms with E-state index in [1.807, 2.05) is 0 Å². The van der Waals surface area contributed by atoms with Crippen LogP contribution in [0.4, 0.5) is 11.4 Å². The summed E-state index contributed by atoms with van der Waals surface area (Å²) in [5, 5.41) is 12.8. The molecule has 0 bridgehead atoms. The lowest BCUT2D eigenvalue weighted by Gasteiger charge is -2.19. The van der Waals surface area contributed by atoms with Crippen molar-refractivity contribution in [2.75, 3.05) is 25.2 Å². The highest BCUT2D eigenvalue weighted by Gasteiger charge is 2.37. The Morgan fingerprint density at radius 1 is 1.14 bits per heavy atom. The first-order valence-electron chi connectivity index (χ1n) is 10.9. The summed E-state index contributed by atoms with van der Waals surface area (Å²) >= 11 is 1.25. The molecule has 0 radical (unpaired) electrons. The molecule has 0 aliphatic carbocycles. The van der Waals surface area contributed by atoms with Gasteiger partial charge >= 0.3 is 11.9 Å². The first kappa shape index (κ1) is 25.5. The molecular weight excluding hydrogens is 504 g/mol. The zero-order valence-corrected chi connectivity index (χ0v) is 20.3. The molecule has 0 saturated carbocycles. The van der Waals surface area contributed by atoms with Crippen molar-refractivity contribution >= 4 is 46.3 Å². The maximum absolute atomic E-state index is 12.6. The molecule has 3 aromatic rings. The molecule has 11 nitrogen and oxygen atoms in total. The van der Waals surface area contributed by atoms with Gasteiger partial charge < -0.3 is 19.1 Å². The summed E-state index contributed by atoms with van der Waals surface area (Å²) in [7, 11) is 1.32. The monoisotopic (exact) mass is 524 g/mol. The number of non-ortho nitro benzene ring substituents is 1. The Bertz CT molecular complexity index is 1350. The van der Waals surface area contributed by atoms with Gasteiger partial charge in [-0.25, -0.2) is 4.79 Å². The van der Waals surface area contributed by atoms with Crippen LogP contribution in [0.5, 0.6) is 11.5 Å². The van der Waals surface area contributed by atoms with E-state index < -0.39 is 35.2 Å². The quantitative estimate of drug-likeness (QED) is 0.135. The summed E-state index contributed by atoms with van der Waals surface area (Å²) in [6.07, 6.45) is -0.141. The SMILES string of the molecule is COc1cc([N+](=O)[O-])ccc1N1C[C@H](C(=O)OCC(=O)c2ccc(OC(=O)c3cccs3)cc2)CC1=O. The van der Waals surface area contributed by atoms with Gasteiger partial charge in [0.25, 0.3) is 5.69 Å². The molecule has 2 aromatic carbocycles. The van der Waals surface area contributed by atoms with Crippen LogP contribution in [0.15, 0.2) is 60.0 Å². The normalized spacial score (nSPS) is 14.8. The maximum atomic E-state index is 12.6. The second kappa shape index (κ2) is 11.0. The van der Waals surface area contributed by atoms with Crippen LogP contribution in [0.1, 0.15) is 26.5 Å². The highest BCUT2D eigenvalue weighted by molar-refractivity contribution is 7.12. The molecular formula is C25H20N2O9S. The van der Waals surface area contributed by atoms with Crippen molar-refractivity contribution in [3.8, 4) is 11.5 Å². The average molecular weight is 525 g/mol. The van der Waals surface area contributed by atoms with E-state index in [0.29, 0.717) is 10.6 Å². The fraction of sp³-hybridized carbons (Fsp3) is 0.200. The largest absolute Gasteiger partial charge is 0.494 e. The number of anilines is 1. The molecule has 2 heterocycles. The molecule has 37 heavy (non-hydrogen) atoms. The number of methoxy groups -OCH3 is 1. The van der Waals surface area contributed by atoms with Crippen LogP contribution in [-0.2, 0) is 14.3 Å². The lowest BCUT2D eigenvalue weighted by Crippen LogP contribution is -2.27. The van der Waals surface area contributed by atoms with Gasteiger partial charge in [-0.15, -0.1) is 11.3 Å². The van der Waals surface area contributed by atoms with E-state index in [2.05, 4.69) is 0 Å². The van der Waals surface area contributed by atoms with E-state index in [9.17, 15) is 29.3 Å². The number of hydrogen-bond acceptors (Lipinski definition) is 10. The third-order valence-corrected chi connectivity index (χ3v) is 6.43. The Labute approximate surface area is 214 Å². The van der Waals surface area contributed by atoms with Crippen molar-refractivity contribution in [1.82, 2.24) is 0 Å². The van der Waals surface area contributed by atoms with Crippen molar-refractivity contribution in [1.29, 1.82) is 0 Å². The van der Waals surface area contributed by atoms with Gasteiger partial charge in [-0.3, -0.25) is 24.5 Å². The summed E-state index contributed by atoms with van der Waals surface area (Å²) in [6, 6.07) is 13.0. The fourth-order valence-corrected chi connectivity index (χ4v) is 4.30. The van der Waals surface area contributed by atoms with Crippen LogP contribution in [0, 0.1) is 16.0 Å². The van der Waals surface area contributed by atoms with Gasteiger partial charge in [-0.1, -0.05) is 6.07 Å². The Morgan fingerprint density at radius 2 is 1.89 bits per heavy atom. The Balaban J connectivity index is 1.32. The number of nitrogens with zero attached hydrogens (tertiary/aromatic N) is 2. The Kier molecular flexibility index (Phi) is 7.58. The maximum Gasteiger partial charge on any atom is 0.353 e. The number of carbonyl (C=O) groups excluding carboxylic acids is 4. The van der Waals surface area contributed by atoms with Crippen molar-refractivity contribution < 1.29 is 38.3 Å². The molecule has 190 valence electrons. The molecule has 1 aromatic heterocycles. The molecule has 1 atom stereocenters. The van der Waals surface area contributed by atoms with Crippen molar-refractivity contribution in [3.63, 3.8) is 0 Å². The minimum absolute atomic E-state index is 0.0235. The zero-order chi connectivity index (χ0) is 26.5. The zero-order valence-electron chi connectivity index (χ0n) is 19.4. The van der Waals surface area contributed by atoms with E-state index in [1.165, 1.54) is 65.8 Å². The van der Waals surface area contributed by atoms with Crippen LogP contribution in [0.2, 0.25) is 0 Å². The van der Waals surface area contributed by atoms with Crippen molar-refractivity contribution in [3.05, 3.63) is 80.5 Å². The number of thiophene rings is 1. The summed E-state index contributed by atoms with van der Waals surface area (Å²) in [5.41, 5.74) is 0.350. The minimum atomic E-state index is -0.820. The molecule has 0 N–H and O–H groups in total. The van der Waals surface area contributed by atoms with Gasteiger partial charge in [0.2, 0.25) is 5.91 Å². The number of ketones is 1. The minimum Gasteiger partial charge on any atom is -0.494 e. The first-order valence-corrected chi connectivity index (χ1v) is 11.8. The van der Waals surface area contributed by atoms with Gasteiger partial charge in [-0.05, 0) is 41.8 Å². The lowest BCUT2D eigenvalue weighted by atomic mass is 10.1. The van der Waals surface area contributed by atoms with E-state index in [-0.39, 0.29) is 41.6 Å². The second-order valence-electron chi connectivity index (χ2n) is 7.94. The van der Waals surface area contributed by atoms with Crippen LogP contribution in [0.25, 0.3) is 0 Å². The van der Waals surface area contributed by atoms with Crippen LogP contribution >= 0.6 is 11.3 Å². The molecule has 1 saturated heterocycles. The third kappa shape index (κ3) is 5.81. The van der Waals surface area contributed by atoms with Crippen LogP contribution in [0.3, 0.4) is 0 Å². The molecule has 4 rings (SSSR count). The smallest absolute Gasteiger partial charge is 0.353 e. The predicted octanol–water partition coefficient (Wildman–Crippen LogP) is 3.66. The Hall–Kier alpha value is -4.58. The summed E-state index contributed by atoms with van der Waals surface area (Å²) < 4.78 is 15.6. The number of amides is 1. The second-order valence-corrected chi connectivity index (χ2v) is 8.89. The number of nitro benzene ring substituents is 1. The number of rotatable bonds is 9. The number of esters is 2. The molecule has 0 spiro atoms. The third-order valence-electron chi connectivity index (χ3n) is 5.58. The van der Waals surface area contributed by atoms with Gasteiger partial charge in [-0.2, -0.15) is 0 Å². The molecule has 1 fully saturated rings. The van der Waals surface area contributed by atoms with Gasteiger partial charge in [0.15, 0.2) is 12.4 Å². The van der Waals surface area contributed by atoms with E-state index >= 15 is 0 Å². The topological polar surface area (TPSA) is 142 Å². The van der Waals surface area contributed by atoms with Gasteiger partial charge in [0.05, 0.1) is 29.7 Å². The Morgan fingerprint density at radius 3 is 2.54 bits per heavy atom. The predicted molar refractivity (Wildman–Crippen MR) is 131 cm³/mol. The highest BCUT2D eigenvalue weighted by Crippen LogP contribution is 2.36. The van der Waals surface area contributed by atoms with Gasteiger partial charge in [0.1, 0.15) is 16.4 Å². The van der Waals surface area contributed by atoms with Crippen LogP contribution in [-0.4, -0.2) is 48.8 Å². The van der Waals surface area contributed by atoms with Crippen LogP contribution < -0.4 is 14.4 Å². The fourth-order valence-electron chi connectivity index (χ4n) is 3.70. The molecule has 1 aliphatic rings. The number of Topliss-reactive ketones (excluding diaryl/α,β-unsaturated/α-hetero) is 1. The average Bonchev–Trinajstić information content (AvgIpc) is 3.57. The lowest BCUT2D eigenvalue weighted by molar-refractivity contribution is -0.384. The van der Waals surface area contributed by atoms with E-state index in [0.717, 1.165) is 0 Å². The molecule has 1 aliphatic heterocycles. The van der Waals surface area contributed by atoms with E-state index in [1.54, 1.807) is 17.5 Å². The summed E-state index contributed by atoms with van der Waals surface area (Å²) in [5.74, 6) is -2.51. The van der Waals surface area contributed by atoms with Crippen molar-refractivity contribution in [2.45, 2.75) is 6.42 Å². The first-order chi connectivity index (χ1) is 17.8. The highest BCUT2D eigenvalue weighted by atomic mass is 32.1. The number of hydrogen-bond donors (Lipinski definition) is 0. The summed E-state index contributed by atoms with van der Waals surface area (Å²) in [6.45, 7) is -0.553. The van der Waals surface area contributed by atoms with Crippen molar-refractivity contribution in [2.24, 2.45) is 5.92 Å². The number of carbonyl (C=O) groups is 4. The molecule has 0 unspecified atom stereocenters. The molecule has 12 heteroatoms. The number of ether oxygens (including phenoxy) is 3. The molecule has 1 amide bonds. The standard InChI is InChI=1S/C25H20N2O9S/c1-34-21-12-17(27(32)33)6-9-19(21)26-13-16(11-23(26)29)24(30)35-14-20(28)15-4-7-18(8-5-15)36-25(31)22-3-2-10-37-22/h2-10,12,16H,11,13-14H2,1H3/t16-/m1/s1. The number of nitro groups is 1. The number of benzene rings is 2. The van der Waals surface area contributed by atoms with Gasteiger partial charge in [0, 0.05) is 24.6 Å².